The molecule has 0 fully saturated rings. The topological polar surface area (TPSA) is 57.4 Å². The van der Waals surface area contributed by atoms with Gasteiger partial charge in [0.1, 0.15) is 0 Å². The minimum absolute atomic E-state index is 0.629. The van der Waals surface area contributed by atoms with Crippen molar-refractivity contribution in [2.45, 2.75) is 10.6 Å². The third-order valence-corrected chi connectivity index (χ3v) is 4.04. The summed E-state index contributed by atoms with van der Waals surface area (Å²) in [6.45, 7) is 0. The van der Waals surface area contributed by atoms with E-state index in [9.17, 15) is 0 Å². The minimum Gasteiger partial charge on any atom is -0.493 e. The van der Waals surface area contributed by atoms with Crippen LogP contribution in [0.2, 0.25) is 5.02 Å². The molecule has 1 aromatic heterocycles. The van der Waals surface area contributed by atoms with Crippen molar-refractivity contribution in [2.75, 3.05) is 20.0 Å². The fourth-order valence-corrected chi connectivity index (χ4v) is 2.82. The quantitative estimate of drug-likeness (QED) is 0.675. The zero-order valence-corrected chi connectivity index (χ0v) is 12.8. The number of ether oxygens (including phenoxy) is 2. The van der Waals surface area contributed by atoms with Gasteiger partial charge in [-0.2, -0.15) is 0 Å². The minimum atomic E-state index is 0.629. The van der Waals surface area contributed by atoms with Gasteiger partial charge in [0.25, 0.3) is 0 Å². The molecule has 0 saturated carbocycles. The van der Waals surface area contributed by atoms with Crippen LogP contribution in [0.1, 0.15) is 5.69 Å². The first kappa shape index (κ1) is 14.8. The van der Waals surface area contributed by atoms with Crippen LogP contribution in [0.3, 0.4) is 0 Å². The van der Waals surface area contributed by atoms with Crippen LogP contribution >= 0.6 is 23.4 Å². The zero-order chi connectivity index (χ0) is 14.5. The first-order valence-electron chi connectivity index (χ1n) is 5.89. The number of aromatic nitrogens is 1. The highest BCUT2D eigenvalue weighted by Crippen LogP contribution is 2.35. The Balaban J connectivity index is 2.18. The van der Waals surface area contributed by atoms with E-state index in [1.165, 1.54) is 0 Å². The van der Waals surface area contributed by atoms with E-state index in [1.54, 1.807) is 44.3 Å². The molecule has 0 aliphatic carbocycles. The number of halogens is 1. The molecule has 0 saturated heterocycles. The van der Waals surface area contributed by atoms with E-state index in [0.717, 1.165) is 10.6 Å². The second-order valence-corrected chi connectivity index (χ2v) is 5.42. The maximum atomic E-state index is 5.93. The molecule has 20 heavy (non-hydrogen) atoms. The number of nitrogen functional groups attached to an aromatic ring is 1. The predicted molar refractivity (Wildman–Crippen MR) is 82.8 cm³/mol. The maximum Gasteiger partial charge on any atom is 0.183 e. The van der Waals surface area contributed by atoms with Gasteiger partial charge in [-0.1, -0.05) is 11.6 Å². The highest BCUT2D eigenvalue weighted by Gasteiger charge is 2.12. The third kappa shape index (κ3) is 3.29. The summed E-state index contributed by atoms with van der Waals surface area (Å²) in [6.07, 6.45) is 1.70. The number of anilines is 1. The SMILES string of the molecule is COc1ccnc(CSc2ccc(Cl)cc2N)c1OC. The van der Waals surface area contributed by atoms with Crippen molar-refractivity contribution < 1.29 is 9.47 Å². The van der Waals surface area contributed by atoms with Gasteiger partial charge in [0.15, 0.2) is 11.5 Å². The molecule has 0 radical (unpaired) electrons. The monoisotopic (exact) mass is 310 g/mol. The molecule has 2 N–H and O–H groups in total. The third-order valence-electron chi connectivity index (χ3n) is 2.70. The number of nitrogens with zero attached hydrogens (tertiary/aromatic N) is 1. The Kier molecular flexibility index (Phi) is 4.98. The second-order valence-electron chi connectivity index (χ2n) is 3.96. The van der Waals surface area contributed by atoms with Gasteiger partial charge < -0.3 is 15.2 Å². The van der Waals surface area contributed by atoms with E-state index in [0.29, 0.717) is 28.0 Å². The van der Waals surface area contributed by atoms with Crippen LogP contribution in [0.25, 0.3) is 0 Å². The largest absolute Gasteiger partial charge is 0.493 e. The van der Waals surface area contributed by atoms with Crippen molar-refractivity contribution >= 4 is 29.1 Å². The lowest BCUT2D eigenvalue weighted by Gasteiger charge is -2.12. The number of thioether (sulfide) groups is 1. The van der Waals surface area contributed by atoms with E-state index < -0.39 is 0 Å². The number of hydrogen-bond donors (Lipinski definition) is 1. The average Bonchev–Trinajstić information content (AvgIpc) is 2.45. The Hall–Kier alpha value is -1.59. The number of benzene rings is 1. The lowest BCUT2D eigenvalue weighted by atomic mass is 10.3. The summed E-state index contributed by atoms with van der Waals surface area (Å²) < 4.78 is 10.6. The van der Waals surface area contributed by atoms with Gasteiger partial charge >= 0.3 is 0 Å². The molecular weight excluding hydrogens is 296 g/mol. The molecule has 0 unspecified atom stereocenters. The highest BCUT2D eigenvalue weighted by molar-refractivity contribution is 7.98. The van der Waals surface area contributed by atoms with E-state index in [-0.39, 0.29) is 0 Å². The first-order valence-corrected chi connectivity index (χ1v) is 7.25. The normalized spacial score (nSPS) is 10.3. The summed E-state index contributed by atoms with van der Waals surface area (Å²) >= 11 is 7.46. The van der Waals surface area contributed by atoms with Gasteiger partial charge in [-0.05, 0) is 18.2 Å². The number of methoxy groups -OCH3 is 2. The molecule has 106 valence electrons. The van der Waals surface area contributed by atoms with Crippen molar-refractivity contribution in [1.29, 1.82) is 0 Å². The van der Waals surface area contributed by atoms with Gasteiger partial charge in [0, 0.05) is 33.6 Å². The molecule has 0 spiro atoms. The molecule has 6 heteroatoms. The molecule has 0 aliphatic heterocycles. The summed E-state index contributed by atoms with van der Waals surface area (Å²) in [7, 11) is 3.20. The van der Waals surface area contributed by atoms with Crippen molar-refractivity contribution in [3.05, 3.63) is 41.2 Å². The number of hydrogen-bond acceptors (Lipinski definition) is 5. The van der Waals surface area contributed by atoms with Crippen LogP contribution in [-0.2, 0) is 5.75 Å². The summed E-state index contributed by atoms with van der Waals surface area (Å²) in [5, 5.41) is 0.629. The molecule has 0 amide bonds. The molecule has 1 aromatic carbocycles. The van der Waals surface area contributed by atoms with Crippen LogP contribution < -0.4 is 15.2 Å². The summed E-state index contributed by atoms with van der Waals surface area (Å²) in [5.74, 6) is 1.95. The number of pyridine rings is 1. The summed E-state index contributed by atoms with van der Waals surface area (Å²) in [6, 6.07) is 7.22. The van der Waals surface area contributed by atoms with Crippen LogP contribution in [-0.4, -0.2) is 19.2 Å². The van der Waals surface area contributed by atoms with Crippen LogP contribution in [0, 0.1) is 0 Å². The zero-order valence-electron chi connectivity index (χ0n) is 11.2. The number of rotatable bonds is 5. The van der Waals surface area contributed by atoms with Gasteiger partial charge in [-0.3, -0.25) is 4.98 Å². The fraction of sp³-hybridized carbons (Fsp3) is 0.214. The van der Waals surface area contributed by atoms with E-state index in [4.69, 9.17) is 26.8 Å². The molecule has 2 rings (SSSR count). The Morgan fingerprint density at radius 1 is 1.25 bits per heavy atom. The van der Waals surface area contributed by atoms with Crippen LogP contribution in [0.15, 0.2) is 35.4 Å². The van der Waals surface area contributed by atoms with Crippen molar-refractivity contribution in [3.8, 4) is 11.5 Å². The number of nitrogens with two attached hydrogens (primary N) is 1. The Labute approximate surface area is 127 Å². The van der Waals surface area contributed by atoms with Crippen LogP contribution in [0.4, 0.5) is 5.69 Å². The lowest BCUT2D eigenvalue weighted by Crippen LogP contribution is -1.98. The van der Waals surface area contributed by atoms with Gasteiger partial charge in [-0.15, -0.1) is 11.8 Å². The van der Waals surface area contributed by atoms with Crippen molar-refractivity contribution in [3.63, 3.8) is 0 Å². The molecule has 2 aromatic rings. The maximum absolute atomic E-state index is 5.93. The van der Waals surface area contributed by atoms with E-state index in [1.807, 2.05) is 12.1 Å². The van der Waals surface area contributed by atoms with E-state index >= 15 is 0 Å². The molecule has 0 atom stereocenters. The fourth-order valence-electron chi connectivity index (χ4n) is 1.75. The Morgan fingerprint density at radius 2 is 2.05 bits per heavy atom. The summed E-state index contributed by atoms with van der Waals surface area (Å²) in [5.41, 5.74) is 7.40. The molecule has 4 nitrogen and oxygen atoms in total. The Morgan fingerprint density at radius 3 is 2.70 bits per heavy atom. The highest BCUT2D eigenvalue weighted by atomic mass is 35.5. The van der Waals surface area contributed by atoms with Crippen LogP contribution in [0.5, 0.6) is 11.5 Å². The standard InChI is InChI=1S/C14H15ClN2O2S/c1-18-12-5-6-17-11(14(12)19-2)8-20-13-4-3-9(15)7-10(13)16/h3-7H,8,16H2,1-2H3. The molecule has 0 aliphatic rings. The van der Waals surface area contributed by atoms with Crippen molar-refractivity contribution in [1.82, 2.24) is 4.98 Å². The average molecular weight is 311 g/mol. The second kappa shape index (κ2) is 6.72. The lowest BCUT2D eigenvalue weighted by molar-refractivity contribution is 0.350. The first-order chi connectivity index (χ1) is 9.65. The molecular formula is C14H15ClN2O2S. The molecule has 0 bridgehead atoms. The predicted octanol–water partition coefficient (Wildman–Crippen LogP) is 3.63. The Bertz CT molecular complexity index is 608. The van der Waals surface area contributed by atoms with Gasteiger partial charge in [0.05, 0.1) is 19.9 Å². The van der Waals surface area contributed by atoms with Crippen molar-refractivity contribution in [2.24, 2.45) is 0 Å². The smallest absolute Gasteiger partial charge is 0.183 e. The summed E-state index contributed by atoms with van der Waals surface area (Å²) in [4.78, 5) is 5.29. The van der Waals surface area contributed by atoms with Gasteiger partial charge in [-0.25, -0.2) is 0 Å². The van der Waals surface area contributed by atoms with Gasteiger partial charge in [0.2, 0.25) is 0 Å². The molecule has 1 heterocycles. The van der Waals surface area contributed by atoms with E-state index in [2.05, 4.69) is 4.98 Å².